The van der Waals surface area contributed by atoms with Crippen molar-refractivity contribution in [1.29, 1.82) is 0 Å². The van der Waals surface area contributed by atoms with Crippen molar-refractivity contribution >= 4 is 27.3 Å². The Bertz CT molecular complexity index is 707. The van der Waals surface area contributed by atoms with Gasteiger partial charge in [-0.25, -0.2) is 4.98 Å². The summed E-state index contributed by atoms with van der Waals surface area (Å²) >= 11 is 5.11. The fraction of sp³-hybridized carbons (Fsp3) is 0.118. The van der Waals surface area contributed by atoms with E-state index >= 15 is 0 Å². The first-order valence-electron chi connectivity index (χ1n) is 6.73. The van der Waals surface area contributed by atoms with Gasteiger partial charge in [0.25, 0.3) is 0 Å². The number of aromatic nitrogens is 1. The van der Waals surface area contributed by atoms with Crippen molar-refractivity contribution in [2.24, 2.45) is 5.73 Å². The third-order valence-electron chi connectivity index (χ3n) is 3.30. The van der Waals surface area contributed by atoms with Crippen LogP contribution in [0.1, 0.15) is 17.3 Å². The molecule has 21 heavy (non-hydrogen) atoms. The quantitative estimate of drug-likeness (QED) is 0.726. The normalized spacial score (nSPS) is 12.3. The number of halogens is 1. The predicted molar refractivity (Wildman–Crippen MR) is 92.3 cm³/mol. The van der Waals surface area contributed by atoms with E-state index in [1.54, 1.807) is 11.3 Å². The second kappa shape index (κ2) is 6.52. The lowest BCUT2D eigenvalue weighted by molar-refractivity contribution is 0.710. The Morgan fingerprint density at radius 2 is 1.76 bits per heavy atom. The zero-order valence-corrected chi connectivity index (χ0v) is 13.8. The molecule has 1 unspecified atom stereocenters. The van der Waals surface area contributed by atoms with Crippen molar-refractivity contribution in [3.63, 3.8) is 0 Å². The van der Waals surface area contributed by atoms with Gasteiger partial charge in [0.15, 0.2) is 0 Å². The number of hydrogen-bond acceptors (Lipinski definition) is 3. The van der Waals surface area contributed by atoms with Crippen molar-refractivity contribution in [3.8, 4) is 10.6 Å². The SMILES string of the molecule is NC(Cc1csc(-c2ccc(Br)cc2)n1)c1ccccc1. The number of nitrogens with two attached hydrogens (primary N) is 1. The minimum atomic E-state index is -0.00827. The first kappa shape index (κ1) is 14.4. The lowest BCUT2D eigenvalue weighted by Crippen LogP contribution is -2.13. The number of thiazole rings is 1. The molecule has 0 fully saturated rings. The lowest BCUT2D eigenvalue weighted by Gasteiger charge is -2.09. The Kier molecular flexibility index (Phi) is 4.48. The van der Waals surface area contributed by atoms with E-state index in [0.29, 0.717) is 0 Å². The highest BCUT2D eigenvalue weighted by atomic mass is 79.9. The van der Waals surface area contributed by atoms with Crippen molar-refractivity contribution in [2.75, 3.05) is 0 Å². The first-order chi connectivity index (χ1) is 10.2. The van der Waals surface area contributed by atoms with Crippen LogP contribution in [0.3, 0.4) is 0 Å². The zero-order chi connectivity index (χ0) is 14.7. The Morgan fingerprint density at radius 1 is 1.05 bits per heavy atom. The lowest BCUT2D eigenvalue weighted by atomic mass is 10.0. The Labute approximate surface area is 136 Å². The largest absolute Gasteiger partial charge is 0.324 e. The smallest absolute Gasteiger partial charge is 0.123 e. The number of nitrogens with zero attached hydrogens (tertiary/aromatic N) is 1. The summed E-state index contributed by atoms with van der Waals surface area (Å²) in [4.78, 5) is 4.70. The summed E-state index contributed by atoms with van der Waals surface area (Å²) < 4.78 is 1.08. The van der Waals surface area contributed by atoms with Gasteiger partial charge in [0.2, 0.25) is 0 Å². The average molecular weight is 359 g/mol. The van der Waals surface area contributed by atoms with Crippen LogP contribution in [0, 0.1) is 0 Å². The summed E-state index contributed by atoms with van der Waals surface area (Å²) in [6.07, 6.45) is 0.761. The summed E-state index contributed by atoms with van der Waals surface area (Å²) in [5.41, 5.74) is 9.59. The minimum Gasteiger partial charge on any atom is -0.324 e. The van der Waals surface area contributed by atoms with Crippen LogP contribution < -0.4 is 5.73 Å². The molecule has 0 aliphatic carbocycles. The number of rotatable bonds is 4. The van der Waals surface area contributed by atoms with Gasteiger partial charge in [-0.1, -0.05) is 58.4 Å². The first-order valence-corrected chi connectivity index (χ1v) is 8.40. The molecule has 0 bridgehead atoms. The molecule has 1 atom stereocenters. The van der Waals surface area contributed by atoms with Crippen LogP contribution in [0.4, 0.5) is 0 Å². The molecule has 0 aliphatic heterocycles. The van der Waals surface area contributed by atoms with Gasteiger partial charge >= 0.3 is 0 Å². The van der Waals surface area contributed by atoms with Gasteiger partial charge in [-0.15, -0.1) is 11.3 Å². The van der Waals surface area contributed by atoms with Crippen LogP contribution in [0.25, 0.3) is 10.6 Å². The van der Waals surface area contributed by atoms with Crippen LogP contribution in [0.15, 0.2) is 64.5 Å². The molecule has 0 amide bonds. The molecule has 2 nitrogen and oxygen atoms in total. The molecule has 106 valence electrons. The second-order valence-corrected chi connectivity index (χ2v) is 6.65. The van der Waals surface area contributed by atoms with Crippen molar-refractivity contribution in [2.45, 2.75) is 12.5 Å². The highest BCUT2D eigenvalue weighted by molar-refractivity contribution is 9.10. The molecule has 0 saturated heterocycles. The van der Waals surface area contributed by atoms with Gasteiger partial charge in [0.1, 0.15) is 5.01 Å². The highest BCUT2D eigenvalue weighted by Crippen LogP contribution is 2.26. The van der Waals surface area contributed by atoms with E-state index < -0.39 is 0 Å². The van der Waals surface area contributed by atoms with Gasteiger partial charge in [0.05, 0.1) is 5.69 Å². The molecule has 1 aromatic heterocycles. The zero-order valence-electron chi connectivity index (χ0n) is 11.4. The summed E-state index contributed by atoms with van der Waals surface area (Å²) in [5.74, 6) is 0. The van der Waals surface area contributed by atoms with Crippen LogP contribution >= 0.6 is 27.3 Å². The summed E-state index contributed by atoms with van der Waals surface area (Å²) in [6.45, 7) is 0. The van der Waals surface area contributed by atoms with Crippen LogP contribution in [-0.2, 0) is 6.42 Å². The van der Waals surface area contributed by atoms with Gasteiger partial charge < -0.3 is 5.73 Å². The molecule has 3 aromatic rings. The molecule has 0 spiro atoms. The maximum absolute atomic E-state index is 6.25. The van der Waals surface area contributed by atoms with Gasteiger partial charge in [-0.05, 0) is 17.7 Å². The Balaban J connectivity index is 1.75. The summed E-state index contributed by atoms with van der Waals surface area (Å²) in [6, 6.07) is 18.4. The van der Waals surface area contributed by atoms with Crippen molar-refractivity contribution < 1.29 is 0 Å². The van der Waals surface area contributed by atoms with E-state index in [1.807, 2.05) is 30.3 Å². The molecular formula is C17H15BrN2S. The van der Waals surface area contributed by atoms with E-state index in [2.05, 4.69) is 45.6 Å². The standard InChI is InChI=1S/C17H15BrN2S/c18-14-8-6-13(7-9-14)17-20-15(11-21-17)10-16(19)12-4-2-1-3-5-12/h1-9,11,16H,10,19H2. The molecule has 0 saturated carbocycles. The fourth-order valence-corrected chi connectivity index (χ4v) is 3.27. The van der Waals surface area contributed by atoms with Crippen molar-refractivity contribution in [3.05, 3.63) is 75.7 Å². The van der Waals surface area contributed by atoms with E-state index in [0.717, 1.165) is 32.7 Å². The van der Waals surface area contributed by atoms with Gasteiger partial charge in [-0.3, -0.25) is 0 Å². The third kappa shape index (κ3) is 3.59. The van der Waals surface area contributed by atoms with E-state index in [-0.39, 0.29) is 6.04 Å². The van der Waals surface area contributed by atoms with E-state index in [4.69, 9.17) is 10.7 Å². The molecule has 0 radical (unpaired) electrons. The molecule has 1 heterocycles. The summed E-state index contributed by atoms with van der Waals surface area (Å²) in [5, 5.41) is 3.14. The predicted octanol–water partition coefficient (Wildman–Crippen LogP) is 4.82. The van der Waals surface area contributed by atoms with Crippen LogP contribution in [0.2, 0.25) is 0 Å². The molecule has 0 aliphatic rings. The fourth-order valence-electron chi connectivity index (χ4n) is 2.17. The minimum absolute atomic E-state index is 0.00827. The van der Waals surface area contributed by atoms with Crippen LogP contribution in [-0.4, -0.2) is 4.98 Å². The third-order valence-corrected chi connectivity index (χ3v) is 4.77. The van der Waals surface area contributed by atoms with E-state index in [9.17, 15) is 0 Å². The van der Waals surface area contributed by atoms with Crippen molar-refractivity contribution in [1.82, 2.24) is 4.98 Å². The van der Waals surface area contributed by atoms with Gasteiger partial charge in [0, 0.05) is 27.9 Å². The number of benzene rings is 2. The molecule has 2 aromatic carbocycles. The highest BCUT2D eigenvalue weighted by Gasteiger charge is 2.10. The van der Waals surface area contributed by atoms with Crippen LogP contribution in [0.5, 0.6) is 0 Å². The Morgan fingerprint density at radius 3 is 2.48 bits per heavy atom. The monoisotopic (exact) mass is 358 g/mol. The van der Waals surface area contributed by atoms with E-state index in [1.165, 1.54) is 0 Å². The molecular weight excluding hydrogens is 344 g/mol. The summed E-state index contributed by atoms with van der Waals surface area (Å²) in [7, 11) is 0. The topological polar surface area (TPSA) is 38.9 Å². The average Bonchev–Trinajstić information content (AvgIpc) is 2.97. The maximum Gasteiger partial charge on any atom is 0.123 e. The number of hydrogen-bond donors (Lipinski definition) is 1. The maximum atomic E-state index is 6.25. The van der Waals surface area contributed by atoms with Gasteiger partial charge in [-0.2, -0.15) is 0 Å². The molecule has 3 rings (SSSR count). The molecule has 4 heteroatoms. The Hall–Kier alpha value is -1.49. The molecule has 2 N–H and O–H groups in total. The second-order valence-electron chi connectivity index (χ2n) is 4.87.